The van der Waals surface area contributed by atoms with Gasteiger partial charge in [-0.25, -0.2) is 4.79 Å². The Morgan fingerprint density at radius 3 is 2.74 bits per heavy atom. The largest absolute Gasteiger partial charge is 0.444 e. The minimum absolute atomic E-state index is 0.00906. The molecular weight excluding hydrogens is 410 g/mol. The van der Waals surface area contributed by atoms with Crippen molar-refractivity contribution in [1.82, 2.24) is 14.8 Å². The molecule has 7 rings (SSSR count). The van der Waals surface area contributed by atoms with Crippen LogP contribution in [0.15, 0.2) is 47.3 Å². The number of rotatable bonds is 2. The standard InChI is InChI=1S/C24H25N3O3S/c28-23-25-19-6-5-17(13-21(19)31-23)22-18-4-2-1-3-15(18)9-12-27(22)24(29)30-20-14-26-10-7-16(20)8-11-26/h1-6,13,16,20,22H,7-12,14H2,(H,25,28)/t20-,22?/m1/s1. The number of amides is 1. The summed E-state index contributed by atoms with van der Waals surface area (Å²) in [5, 5.41) is 0. The van der Waals surface area contributed by atoms with Gasteiger partial charge in [0.25, 0.3) is 0 Å². The van der Waals surface area contributed by atoms with Crippen LogP contribution in [0.1, 0.15) is 35.6 Å². The van der Waals surface area contributed by atoms with E-state index >= 15 is 0 Å². The maximum absolute atomic E-state index is 13.4. The van der Waals surface area contributed by atoms with E-state index in [9.17, 15) is 9.59 Å². The van der Waals surface area contributed by atoms with Crippen molar-refractivity contribution >= 4 is 27.6 Å². The monoisotopic (exact) mass is 435 g/mol. The Kier molecular flexibility index (Phi) is 4.61. The van der Waals surface area contributed by atoms with Crippen molar-refractivity contribution in [3.05, 3.63) is 68.8 Å². The minimum atomic E-state index is -0.222. The van der Waals surface area contributed by atoms with E-state index < -0.39 is 0 Å². The third kappa shape index (κ3) is 3.36. The quantitative estimate of drug-likeness (QED) is 0.666. The number of H-pyrrole nitrogens is 1. The fourth-order valence-corrected chi connectivity index (χ4v) is 6.28. The Morgan fingerprint density at radius 2 is 1.94 bits per heavy atom. The van der Waals surface area contributed by atoms with E-state index in [1.165, 1.54) is 16.9 Å². The van der Waals surface area contributed by atoms with Gasteiger partial charge >= 0.3 is 11.0 Å². The fraction of sp³-hybridized carbons (Fsp3) is 0.417. The smallest absolute Gasteiger partial charge is 0.410 e. The summed E-state index contributed by atoms with van der Waals surface area (Å²) in [7, 11) is 0. The number of benzene rings is 2. The Bertz CT molecular complexity index is 1190. The molecule has 160 valence electrons. The number of nitrogens with one attached hydrogen (secondary N) is 1. The molecule has 0 aliphatic carbocycles. The number of thiazole rings is 1. The molecule has 2 atom stereocenters. The summed E-state index contributed by atoms with van der Waals surface area (Å²) in [6, 6.07) is 14.1. The zero-order valence-corrected chi connectivity index (χ0v) is 18.1. The van der Waals surface area contributed by atoms with Gasteiger partial charge in [-0.05, 0) is 67.1 Å². The first-order chi connectivity index (χ1) is 15.2. The zero-order chi connectivity index (χ0) is 20.9. The first-order valence-electron chi connectivity index (χ1n) is 11.1. The second-order valence-electron chi connectivity index (χ2n) is 8.88. The second kappa shape index (κ2) is 7.50. The molecule has 5 heterocycles. The molecular formula is C24H25N3O3S. The van der Waals surface area contributed by atoms with Gasteiger partial charge in [-0.2, -0.15) is 0 Å². The van der Waals surface area contributed by atoms with Crippen LogP contribution in [0, 0.1) is 5.92 Å². The number of hydrogen-bond donors (Lipinski definition) is 1. The van der Waals surface area contributed by atoms with Crippen molar-refractivity contribution in [3.63, 3.8) is 0 Å². The lowest BCUT2D eigenvalue weighted by Crippen LogP contribution is -2.53. The molecule has 2 aromatic carbocycles. The van der Waals surface area contributed by atoms with E-state index in [0.717, 1.165) is 60.2 Å². The molecule has 3 saturated heterocycles. The molecule has 6 nitrogen and oxygen atoms in total. The van der Waals surface area contributed by atoms with E-state index in [0.29, 0.717) is 12.5 Å². The highest BCUT2D eigenvalue weighted by molar-refractivity contribution is 7.16. The number of nitrogens with zero attached hydrogens (tertiary/aromatic N) is 2. The van der Waals surface area contributed by atoms with Gasteiger partial charge in [0.15, 0.2) is 0 Å². The van der Waals surface area contributed by atoms with Crippen LogP contribution in [0.2, 0.25) is 0 Å². The van der Waals surface area contributed by atoms with Gasteiger partial charge in [0.2, 0.25) is 0 Å². The molecule has 4 aliphatic rings. The molecule has 1 amide bonds. The third-order valence-corrected chi connectivity index (χ3v) is 7.97. The van der Waals surface area contributed by atoms with Crippen LogP contribution in [-0.2, 0) is 11.2 Å². The van der Waals surface area contributed by atoms with Crippen molar-refractivity contribution in [2.24, 2.45) is 5.92 Å². The second-order valence-corrected chi connectivity index (χ2v) is 9.89. The predicted molar refractivity (Wildman–Crippen MR) is 121 cm³/mol. The van der Waals surface area contributed by atoms with Crippen molar-refractivity contribution in [2.45, 2.75) is 31.4 Å². The van der Waals surface area contributed by atoms with Crippen LogP contribution in [0.25, 0.3) is 10.2 Å². The summed E-state index contributed by atoms with van der Waals surface area (Å²) >= 11 is 1.21. The molecule has 31 heavy (non-hydrogen) atoms. The molecule has 2 bridgehead atoms. The summed E-state index contributed by atoms with van der Waals surface area (Å²) in [5.74, 6) is 0.484. The first-order valence-corrected chi connectivity index (χ1v) is 11.9. The number of carbonyl (C=O) groups is 1. The number of fused-ring (bicyclic) bond motifs is 5. The number of aromatic nitrogens is 1. The number of aromatic amines is 1. The van der Waals surface area contributed by atoms with Crippen molar-refractivity contribution in [3.8, 4) is 0 Å². The summed E-state index contributed by atoms with van der Waals surface area (Å²) in [4.78, 5) is 32.3. The average molecular weight is 436 g/mol. The molecule has 0 spiro atoms. The summed E-state index contributed by atoms with van der Waals surface area (Å²) in [6.45, 7) is 3.73. The van der Waals surface area contributed by atoms with Gasteiger partial charge in [0.1, 0.15) is 6.10 Å². The van der Waals surface area contributed by atoms with E-state index in [1.807, 2.05) is 29.2 Å². The number of piperidine rings is 3. The lowest BCUT2D eigenvalue weighted by Gasteiger charge is -2.45. The van der Waals surface area contributed by atoms with Gasteiger partial charge < -0.3 is 9.72 Å². The van der Waals surface area contributed by atoms with Crippen LogP contribution in [0.4, 0.5) is 4.79 Å². The van der Waals surface area contributed by atoms with Crippen molar-refractivity contribution in [1.29, 1.82) is 0 Å². The van der Waals surface area contributed by atoms with Gasteiger partial charge in [-0.1, -0.05) is 41.7 Å². The van der Waals surface area contributed by atoms with Crippen LogP contribution in [-0.4, -0.2) is 53.2 Å². The van der Waals surface area contributed by atoms with Gasteiger partial charge in [-0.15, -0.1) is 0 Å². The SMILES string of the molecule is O=C(O[C@@H]1CN2CCC1CC2)N1CCc2ccccc2C1c1ccc2[nH]c(=O)sc2c1. The molecule has 1 N–H and O–H groups in total. The normalized spacial score (nSPS) is 27.3. The first kappa shape index (κ1) is 19.1. The fourth-order valence-electron chi connectivity index (χ4n) is 5.50. The highest BCUT2D eigenvalue weighted by Gasteiger charge is 2.39. The Hall–Kier alpha value is -2.64. The highest BCUT2D eigenvalue weighted by Crippen LogP contribution is 2.38. The predicted octanol–water partition coefficient (Wildman–Crippen LogP) is 3.77. The molecule has 3 fully saturated rings. The molecule has 7 heteroatoms. The van der Waals surface area contributed by atoms with Crippen LogP contribution < -0.4 is 4.87 Å². The summed E-state index contributed by atoms with van der Waals surface area (Å²) in [6.07, 6.45) is 2.83. The van der Waals surface area contributed by atoms with E-state index in [4.69, 9.17) is 4.74 Å². The maximum atomic E-state index is 13.4. The topological polar surface area (TPSA) is 65.6 Å². The van der Waals surface area contributed by atoms with Crippen LogP contribution in [0.5, 0.6) is 0 Å². The molecule has 1 aromatic heterocycles. The van der Waals surface area contributed by atoms with Gasteiger partial charge in [0, 0.05) is 13.1 Å². The number of carbonyl (C=O) groups excluding carboxylic acids is 1. The Morgan fingerprint density at radius 1 is 1.10 bits per heavy atom. The number of hydrogen-bond acceptors (Lipinski definition) is 5. The highest BCUT2D eigenvalue weighted by atomic mass is 32.1. The van der Waals surface area contributed by atoms with Crippen molar-refractivity contribution in [2.75, 3.05) is 26.2 Å². The molecule has 0 radical (unpaired) electrons. The minimum Gasteiger partial charge on any atom is -0.444 e. The molecule has 1 unspecified atom stereocenters. The van der Waals surface area contributed by atoms with E-state index in [-0.39, 0.29) is 23.1 Å². The lowest BCUT2D eigenvalue weighted by molar-refractivity contribution is -0.0462. The van der Waals surface area contributed by atoms with Crippen LogP contribution in [0.3, 0.4) is 0 Å². The number of ether oxygens (including phenoxy) is 1. The maximum Gasteiger partial charge on any atom is 0.410 e. The molecule has 0 saturated carbocycles. The summed E-state index contributed by atoms with van der Waals surface area (Å²) in [5.41, 5.74) is 4.26. The van der Waals surface area contributed by atoms with Crippen LogP contribution >= 0.6 is 11.3 Å². The van der Waals surface area contributed by atoms with Crippen molar-refractivity contribution < 1.29 is 9.53 Å². The lowest BCUT2D eigenvalue weighted by atomic mass is 9.86. The zero-order valence-electron chi connectivity index (χ0n) is 17.3. The molecule has 3 aromatic rings. The summed E-state index contributed by atoms with van der Waals surface area (Å²) < 4.78 is 7.03. The molecule has 4 aliphatic heterocycles. The Balaban J connectivity index is 1.35. The van der Waals surface area contributed by atoms with Gasteiger partial charge in [0.05, 0.1) is 16.3 Å². The average Bonchev–Trinajstić information content (AvgIpc) is 3.18. The van der Waals surface area contributed by atoms with E-state index in [2.05, 4.69) is 28.1 Å². The third-order valence-electron chi connectivity index (χ3n) is 7.13. The Labute approximate surface area is 184 Å². The van der Waals surface area contributed by atoms with E-state index in [1.54, 1.807) is 0 Å². The van der Waals surface area contributed by atoms with Gasteiger partial charge in [-0.3, -0.25) is 14.6 Å².